The van der Waals surface area contributed by atoms with Crippen LogP contribution in [0.2, 0.25) is 0 Å². The standard InChI is InChI=1S/C12H13F3N2/c1-2-17(8-4-7-16)11-6-3-5-10(9-11)12(13,14)15/h3,5-6,9H,2,4,8H2,1H3. The lowest BCUT2D eigenvalue weighted by molar-refractivity contribution is -0.137. The van der Waals surface area contributed by atoms with Gasteiger partial charge in [-0.1, -0.05) is 6.07 Å². The maximum absolute atomic E-state index is 12.5. The minimum atomic E-state index is -4.33. The molecule has 5 heteroatoms. The Morgan fingerprint density at radius 3 is 2.59 bits per heavy atom. The number of hydrogen-bond acceptors (Lipinski definition) is 2. The Kier molecular flexibility index (Phi) is 4.38. The van der Waals surface area contributed by atoms with Crippen molar-refractivity contribution in [2.45, 2.75) is 19.5 Å². The molecular formula is C12H13F3N2. The van der Waals surface area contributed by atoms with Crippen molar-refractivity contribution in [2.75, 3.05) is 18.0 Å². The summed E-state index contributed by atoms with van der Waals surface area (Å²) in [6, 6.07) is 7.14. The van der Waals surface area contributed by atoms with Crippen LogP contribution in [0.1, 0.15) is 18.9 Å². The van der Waals surface area contributed by atoms with Crippen molar-refractivity contribution in [1.82, 2.24) is 0 Å². The smallest absolute Gasteiger partial charge is 0.371 e. The van der Waals surface area contributed by atoms with Crippen LogP contribution < -0.4 is 4.90 Å². The van der Waals surface area contributed by atoms with E-state index in [1.165, 1.54) is 6.07 Å². The van der Waals surface area contributed by atoms with Crippen molar-refractivity contribution in [3.8, 4) is 6.07 Å². The molecule has 0 saturated heterocycles. The van der Waals surface area contributed by atoms with Crippen molar-refractivity contribution in [2.24, 2.45) is 0 Å². The van der Waals surface area contributed by atoms with Crippen molar-refractivity contribution < 1.29 is 13.2 Å². The Balaban J connectivity index is 2.93. The van der Waals surface area contributed by atoms with Crippen LogP contribution in [-0.4, -0.2) is 13.1 Å². The Labute approximate surface area is 98.3 Å². The Morgan fingerprint density at radius 2 is 2.06 bits per heavy atom. The van der Waals surface area contributed by atoms with Crippen molar-refractivity contribution in [3.63, 3.8) is 0 Å². The molecule has 0 spiro atoms. The monoisotopic (exact) mass is 242 g/mol. The van der Waals surface area contributed by atoms with Gasteiger partial charge in [-0.2, -0.15) is 18.4 Å². The normalized spacial score (nSPS) is 11.0. The average Bonchev–Trinajstić information content (AvgIpc) is 2.29. The minimum Gasteiger partial charge on any atom is -0.371 e. The third kappa shape index (κ3) is 3.66. The number of rotatable bonds is 4. The summed E-state index contributed by atoms with van der Waals surface area (Å²) in [4.78, 5) is 1.75. The molecule has 0 aliphatic heterocycles. The predicted molar refractivity (Wildman–Crippen MR) is 59.6 cm³/mol. The number of anilines is 1. The van der Waals surface area contributed by atoms with Gasteiger partial charge in [-0.05, 0) is 25.1 Å². The first-order valence-corrected chi connectivity index (χ1v) is 5.28. The summed E-state index contributed by atoms with van der Waals surface area (Å²) in [6.45, 7) is 2.86. The van der Waals surface area contributed by atoms with Crippen LogP contribution in [0.5, 0.6) is 0 Å². The molecule has 0 aromatic heterocycles. The summed E-state index contributed by atoms with van der Waals surface area (Å²) in [5.41, 5.74) is -0.164. The molecule has 1 aromatic carbocycles. The first kappa shape index (κ1) is 13.4. The predicted octanol–water partition coefficient (Wildman–Crippen LogP) is 3.45. The van der Waals surface area contributed by atoms with E-state index >= 15 is 0 Å². The van der Waals surface area contributed by atoms with Crippen LogP contribution in [0.3, 0.4) is 0 Å². The third-order valence-corrected chi connectivity index (χ3v) is 2.41. The van der Waals surface area contributed by atoms with Gasteiger partial charge in [-0.25, -0.2) is 0 Å². The Morgan fingerprint density at radius 1 is 1.35 bits per heavy atom. The molecule has 1 rings (SSSR count). The van der Waals surface area contributed by atoms with Gasteiger partial charge in [-0.3, -0.25) is 0 Å². The first-order valence-electron chi connectivity index (χ1n) is 5.28. The molecule has 0 heterocycles. The van der Waals surface area contributed by atoms with Crippen LogP contribution >= 0.6 is 0 Å². The molecule has 92 valence electrons. The molecule has 0 N–H and O–H groups in total. The quantitative estimate of drug-likeness (QED) is 0.808. The van der Waals surface area contributed by atoms with Crippen LogP contribution in [0, 0.1) is 11.3 Å². The average molecular weight is 242 g/mol. The van der Waals surface area contributed by atoms with E-state index in [1.54, 1.807) is 11.0 Å². The Hall–Kier alpha value is -1.70. The fourth-order valence-electron chi connectivity index (χ4n) is 1.53. The maximum atomic E-state index is 12.5. The van der Waals surface area contributed by atoms with Gasteiger partial charge >= 0.3 is 6.18 Å². The van der Waals surface area contributed by atoms with Crippen molar-refractivity contribution in [1.29, 1.82) is 5.26 Å². The van der Waals surface area contributed by atoms with Gasteiger partial charge in [0.2, 0.25) is 0 Å². The molecule has 1 aromatic rings. The molecule has 0 fully saturated rings. The van der Waals surface area contributed by atoms with Crippen LogP contribution in [0.15, 0.2) is 24.3 Å². The maximum Gasteiger partial charge on any atom is 0.416 e. The number of nitriles is 1. The zero-order valence-electron chi connectivity index (χ0n) is 9.46. The van der Waals surface area contributed by atoms with Gasteiger partial charge in [0.1, 0.15) is 0 Å². The summed E-state index contributed by atoms with van der Waals surface area (Å²) in [7, 11) is 0. The minimum absolute atomic E-state index is 0.296. The number of benzene rings is 1. The molecule has 0 aliphatic carbocycles. The van der Waals surface area contributed by atoms with E-state index in [9.17, 15) is 13.2 Å². The third-order valence-electron chi connectivity index (χ3n) is 2.41. The first-order chi connectivity index (χ1) is 7.99. The molecule has 0 atom stereocenters. The fraction of sp³-hybridized carbons (Fsp3) is 0.417. The van der Waals surface area contributed by atoms with Gasteiger partial charge in [0.25, 0.3) is 0 Å². The molecule has 0 bridgehead atoms. The van der Waals surface area contributed by atoms with E-state index < -0.39 is 11.7 Å². The van der Waals surface area contributed by atoms with Crippen LogP contribution in [-0.2, 0) is 6.18 Å². The van der Waals surface area contributed by atoms with Crippen LogP contribution in [0.4, 0.5) is 18.9 Å². The number of nitrogens with zero attached hydrogens (tertiary/aromatic N) is 2. The topological polar surface area (TPSA) is 27.0 Å². The summed E-state index contributed by atoms with van der Waals surface area (Å²) >= 11 is 0. The summed E-state index contributed by atoms with van der Waals surface area (Å²) in [5.74, 6) is 0. The molecule has 0 unspecified atom stereocenters. The SMILES string of the molecule is CCN(CCC#N)c1cccc(C(F)(F)F)c1. The zero-order valence-corrected chi connectivity index (χ0v) is 9.46. The van der Waals surface area contributed by atoms with Crippen molar-refractivity contribution >= 4 is 5.69 Å². The summed E-state index contributed by atoms with van der Waals surface area (Å²) in [5, 5.41) is 8.48. The Bertz CT molecular complexity index is 407. The van der Waals surface area contributed by atoms with E-state index in [0.29, 0.717) is 25.2 Å². The molecule has 0 amide bonds. The molecule has 17 heavy (non-hydrogen) atoms. The lowest BCUT2D eigenvalue weighted by Gasteiger charge is -2.22. The second kappa shape index (κ2) is 5.58. The van der Waals surface area contributed by atoms with E-state index in [2.05, 4.69) is 0 Å². The van der Waals surface area contributed by atoms with Gasteiger partial charge in [0, 0.05) is 18.8 Å². The highest BCUT2D eigenvalue weighted by molar-refractivity contribution is 5.49. The van der Waals surface area contributed by atoms with Gasteiger partial charge in [0.05, 0.1) is 18.1 Å². The fourth-order valence-corrected chi connectivity index (χ4v) is 1.53. The highest BCUT2D eigenvalue weighted by atomic mass is 19.4. The van der Waals surface area contributed by atoms with Crippen LogP contribution in [0.25, 0.3) is 0 Å². The van der Waals surface area contributed by atoms with Crippen molar-refractivity contribution in [3.05, 3.63) is 29.8 Å². The molecule has 0 saturated carbocycles. The molecule has 0 radical (unpaired) electrons. The highest BCUT2D eigenvalue weighted by Gasteiger charge is 2.30. The number of halogens is 3. The largest absolute Gasteiger partial charge is 0.416 e. The summed E-state index contributed by atoms with van der Waals surface area (Å²) in [6.07, 6.45) is -4.03. The second-order valence-corrected chi connectivity index (χ2v) is 3.54. The van der Waals surface area contributed by atoms with Gasteiger partial charge in [0.15, 0.2) is 0 Å². The lowest BCUT2D eigenvalue weighted by atomic mass is 10.1. The lowest BCUT2D eigenvalue weighted by Crippen LogP contribution is -2.24. The van der Waals surface area contributed by atoms with E-state index in [-0.39, 0.29) is 0 Å². The zero-order chi connectivity index (χ0) is 12.9. The summed E-state index contributed by atoms with van der Waals surface area (Å²) < 4.78 is 37.5. The second-order valence-electron chi connectivity index (χ2n) is 3.54. The highest BCUT2D eigenvalue weighted by Crippen LogP contribution is 2.31. The van der Waals surface area contributed by atoms with E-state index in [4.69, 9.17) is 5.26 Å². The van der Waals surface area contributed by atoms with E-state index in [0.717, 1.165) is 12.1 Å². The molecule has 0 aliphatic rings. The van der Waals surface area contributed by atoms with Gasteiger partial charge in [-0.15, -0.1) is 0 Å². The number of hydrogen-bond donors (Lipinski definition) is 0. The number of alkyl halides is 3. The molecule has 2 nitrogen and oxygen atoms in total. The molecular weight excluding hydrogens is 229 g/mol. The van der Waals surface area contributed by atoms with E-state index in [1.807, 2.05) is 13.0 Å². The van der Waals surface area contributed by atoms with Gasteiger partial charge < -0.3 is 4.90 Å².